The normalized spacial score (nSPS) is 12.0. The first kappa shape index (κ1) is 21.0. The molecule has 0 saturated heterocycles. The number of esters is 1. The van der Waals surface area contributed by atoms with Gasteiger partial charge in [0.15, 0.2) is 12.0 Å². The summed E-state index contributed by atoms with van der Waals surface area (Å²) in [4.78, 5) is 36.1. The van der Waals surface area contributed by atoms with Crippen LogP contribution in [0.5, 0.6) is 0 Å². The van der Waals surface area contributed by atoms with Gasteiger partial charge in [-0.2, -0.15) is 0 Å². The van der Waals surface area contributed by atoms with Crippen molar-refractivity contribution in [2.45, 2.75) is 39.5 Å². The highest BCUT2D eigenvalue weighted by Gasteiger charge is 2.16. The molecule has 0 unspecified atom stereocenters. The summed E-state index contributed by atoms with van der Waals surface area (Å²) in [6, 6.07) is 5.56. The standard InChI is InChI=1S/C20H24ClNO5/c1-3-5-6-13(4-2)11-22-19(24)12-26-20(25)18-10-16(23)15-9-14(21)7-8-17(15)27-18/h7-10,13H,3-6,11-12H2,1-2H3,(H,22,24)/t13-/m0/s1. The van der Waals surface area contributed by atoms with Crippen LogP contribution in [0.25, 0.3) is 11.0 Å². The van der Waals surface area contributed by atoms with Crippen LogP contribution in [-0.2, 0) is 9.53 Å². The van der Waals surface area contributed by atoms with E-state index in [1.807, 2.05) is 0 Å². The van der Waals surface area contributed by atoms with Gasteiger partial charge in [-0.05, 0) is 30.5 Å². The summed E-state index contributed by atoms with van der Waals surface area (Å²) in [6.45, 7) is 4.34. The highest BCUT2D eigenvalue weighted by molar-refractivity contribution is 6.31. The smallest absolute Gasteiger partial charge is 0.374 e. The number of halogens is 1. The number of ether oxygens (including phenoxy) is 1. The SMILES string of the molecule is CCCC[C@H](CC)CNC(=O)COC(=O)c1cc(=O)c2cc(Cl)ccc2o1. The monoisotopic (exact) mass is 393 g/mol. The molecule has 0 spiro atoms. The van der Waals surface area contributed by atoms with Gasteiger partial charge in [0.2, 0.25) is 5.76 Å². The highest BCUT2D eigenvalue weighted by Crippen LogP contribution is 2.18. The lowest BCUT2D eigenvalue weighted by Gasteiger charge is -2.15. The number of fused-ring (bicyclic) bond motifs is 1. The van der Waals surface area contributed by atoms with Crippen LogP contribution in [-0.4, -0.2) is 25.0 Å². The molecule has 146 valence electrons. The zero-order valence-electron chi connectivity index (χ0n) is 15.5. The van der Waals surface area contributed by atoms with Crippen molar-refractivity contribution in [3.63, 3.8) is 0 Å². The first-order valence-electron chi connectivity index (χ1n) is 9.11. The second kappa shape index (κ2) is 10.1. The van der Waals surface area contributed by atoms with Crippen LogP contribution < -0.4 is 10.7 Å². The Morgan fingerprint density at radius 3 is 2.74 bits per heavy atom. The number of hydrogen-bond acceptors (Lipinski definition) is 5. The molecule has 0 fully saturated rings. The third-order valence-electron chi connectivity index (χ3n) is 4.36. The van der Waals surface area contributed by atoms with Crippen LogP contribution >= 0.6 is 11.6 Å². The summed E-state index contributed by atoms with van der Waals surface area (Å²) in [5.74, 6) is -1.09. The third-order valence-corrected chi connectivity index (χ3v) is 4.59. The van der Waals surface area contributed by atoms with Crippen LogP contribution in [0.15, 0.2) is 33.5 Å². The second-order valence-corrected chi connectivity index (χ2v) is 6.85. The second-order valence-electron chi connectivity index (χ2n) is 6.41. The van der Waals surface area contributed by atoms with E-state index in [-0.39, 0.29) is 22.6 Å². The molecule has 7 heteroatoms. The summed E-state index contributed by atoms with van der Waals surface area (Å²) < 4.78 is 10.3. The molecule has 1 N–H and O–H groups in total. The number of unbranched alkanes of at least 4 members (excludes halogenated alkanes) is 1. The van der Waals surface area contributed by atoms with Gasteiger partial charge in [-0.1, -0.05) is 44.7 Å². The van der Waals surface area contributed by atoms with Gasteiger partial charge in [0.25, 0.3) is 5.91 Å². The topological polar surface area (TPSA) is 85.6 Å². The van der Waals surface area contributed by atoms with E-state index in [9.17, 15) is 14.4 Å². The molecule has 1 aromatic carbocycles. The molecule has 1 amide bonds. The van der Waals surface area contributed by atoms with E-state index >= 15 is 0 Å². The van der Waals surface area contributed by atoms with Gasteiger partial charge in [-0.25, -0.2) is 4.79 Å². The third kappa shape index (κ3) is 6.10. The minimum Gasteiger partial charge on any atom is -0.450 e. The Labute approximate surface area is 162 Å². The molecule has 0 saturated carbocycles. The molecule has 0 radical (unpaired) electrons. The minimum absolute atomic E-state index is 0.227. The lowest BCUT2D eigenvalue weighted by molar-refractivity contribution is -0.124. The largest absolute Gasteiger partial charge is 0.450 e. The van der Waals surface area contributed by atoms with Crippen LogP contribution in [0.3, 0.4) is 0 Å². The van der Waals surface area contributed by atoms with Crippen molar-refractivity contribution in [3.8, 4) is 0 Å². The van der Waals surface area contributed by atoms with Crippen molar-refractivity contribution in [1.29, 1.82) is 0 Å². The van der Waals surface area contributed by atoms with Crippen molar-refractivity contribution >= 4 is 34.4 Å². The number of benzene rings is 1. The zero-order chi connectivity index (χ0) is 19.8. The van der Waals surface area contributed by atoms with Gasteiger partial charge >= 0.3 is 5.97 Å². The molecule has 0 aliphatic carbocycles. The minimum atomic E-state index is -0.864. The van der Waals surface area contributed by atoms with Gasteiger partial charge in [-0.3, -0.25) is 9.59 Å². The highest BCUT2D eigenvalue weighted by atomic mass is 35.5. The van der Waals surface area contributed by atoms with E-state index in [1.165, 1.54) is 12.1 Å². The van der Waals surface area contributed by atoms with Gasteiger partial charge in [0.1, 0.15) is 5.58 Å². The van der Waals surface area contributed by atoms with E-state index in [0.29, 0.717) is 17.5 Å². The Balaban J connectivity index is 1.91. The Hall–Kier alpha value is -2.34. The molecule has 27 heavy (non-hydrogen) atoms. The maximum absolute atomic E-state index is 12.1. The lowest BCUT2D eigenvalue weighted by atomic mass is 9.99. The van der Waals surface area contributed by atoms with Crippen molar-refractivity contribution in [3.05, 3.63) is 45.3 Å². The molecule has 1 atom stereocenters. The lowest BCUT2D eigenvalue weighted by Crippen LogP contribution is -2.33. The summed E-state index contributed by atoms with van der Waals surface area (Å²) in [6.07, 6.45) is 4.27. The average molecular weight is 394 g/mol. The van der Waals surface area contributed by atoms with Crippen LogP contribution in [0.2, 0.25) is 5.02 Å². The fourth-order valence-electron chi connectivity index (χ4n) is 2.68. The molecule has 1 heterocycles. The fraction of sp³-hybridized carbons (Fsp3) is 0.450. The number of amides is 1. The Kier molecular flexibility index (Phi) is 7.85. The predicted octanol–water partition coefficient (Wildman–Crippen LogP) is 3.94. The van der Waals surface area contributed by atoms with E-state index in [2.05, 4.69) is 19.2 Å². The Morgan fingerprint density at radius 2 is 2.04 bits per heavy atom. The molecule has 0 aliphatic heterocycles. The van der Waals surface area contributed by atoms with Crippen molar-refractivity contribution in [2.75, 3.05) is 13.2 Å². The van der Waals surface area contributed by atoms with Crippen molar-refractivity contribution < 1.29 is 18.7 Å². The maximum atomic E-state index is 12.1. The van der Waals surface area contributed by atoms with E-state index in [4.69, 9.17) is 20.8 Å². The molecule has 2 aromatic rings. The maximum Gasteiger partial charge on any atom is 0.374 e. The van der Waals surface area contributed by atoms with Crippen LogP contribution in [0.4, 0.5) is 0 Å². The molecule has 2 rings (SSSR count). The molecule has 0 aliphatic rings. The molecular formula is C20H24ClNO5. The first-order chi connectivity index (χ1) is 12.9. The predicted molar refractivity (Wildman–Crippen MR) is 104 cm³/mol. The Bertz CT molecular complexity index is 861. The summed E-state index contributed by atoms with van der Waals surface area (Å²) >= 11 is 5.85. The number of rotatable bonds is 9. The molecule has 6 nitrogen and oxygen atoms in total. The quantitative estimate of drug-likeness (QED) is 0.652. The van der Waals surface area contributed by atoms with E-state index in [1.54, 1.807) is 6.07 Å². The first-order valence-corrected chi connectivity index (χ1v) is 9.49. The number of carbonyl (C=O) groups is 2. The zero-order valence-corrected chi connectivity index (χ0v) is 16.3. The van der Waals surface area contributed by atoms with E-state index in [0.717, 1.165) is 31.7 Å². The van der Waals surface area contributed by atoms with Gasteiger partial charge < -0.3 is 14.5 Å². The van der Waals surface area contributed by atoms with Gasteiger partial charge in [0, 0.05) is 17.6 Å². The summed E-state index contributed by atoms with van der Waals surface area (Å²) in [5, 5.41) is 3.44. The molecular weight excluding hydrogens is 370 g/mol. The van der Waals surface area contributed by atoms with Crippen molar-refractivity contribution in [1.82, 2.24) is 5.32 Å². The summed E-state index contributed by atoms with van der Waals surface area (Å²) in [5.41, 5.74) is -0.179. The Morgan fingerprint density at radius 1 is 1.26 bits per heavy atom. The average Bonchev–Trinajstić information content (AvgIpc) is 2.66. The number of carbonyl (C=O) groups excluding carboxylic acids is 2. The van der Waals surface area contributed by atoms with Crippen LogP contribution in [0.1, 0.15) is 50.1 Å². The van der Waals surface area contributed by atoms with Crippen molar-refractivity contribution in [2.24, 2.45) is 5.92 Å². The van der Waals surface area contributed by atoms with Crippen LogP contribution in [0, 0.1) is 5.92 Å². The fourth-order valence-corrected chi connectivity index (χ4v) is 2.86. The molecule has 0 bridgehead atoms. The molecule has 1 aromatic heterocycles. The number of nitrogens with one attached hydrogen (secondary N) is 1. The number of hydrogen-bond donors (Lipinski definition) is 1. The summed E-state index contributed by atoms with van der Waals surface area (Å²) in [7, 11) is 0. The van der Waals surface area contributed by atoms with Gasteiger partial charge in [0.05, 0.1) is 5.39 Å². The van der Waals surface area contributed by atoms with E-state index < -0.39 is 18.0 Å². The van der Waals surface area contributed by atoms with Gasteiger partial charge in [-0.15, -0.1) is 0 Å².